The van der Waals surface area contributed by atoms with Crippen molar-refractivity contribution in [2.75, 3.05) is 20.3 Å². The highest BCUT2D eigenvalue weighted by molar-refractivity contribution is 5.87. The van der Waals surface area contributed by atoms with Crippen molar-refractivity contribution in [3.8, 4) is 0 Å². The number of aliphatic hydroxyl groups is 1. The third-order valence-electron chi connectivity index (χ3n) is 4.04. The molecule has 0 amide bonds. The number of aliphatic hydroxyl groups excluding tert-OH is 1. The van der Waals surface area contributed by atoms with Crippen LogP contribution >= 0.6 is 0 Å². The summed E-state index contributed by atoms with van der Waals surface area (Å²) in [6.45, 7) is 1.46. The molecule has 1 saturated carbocycles. The Bertz CT molecular complexity index is 459. The van der Waals surface area contributed by atoms with Gasteiger partial charge in [0.25, 0.3) is 0 Å². The first-order valence-corrected chi connectivity index (χ1v) is 7.63. The molecule has 0 unspecified atom stereocenters. The lowest BCUT2D eigenvalue weighted by Crippen LogP contribution is -2.38. The van der Waals surface area contributed by atoms with Crippen molar-refractivity contribution in [1.29, 1.82) is 0 Å². The Hall–Kier alpha value is -1.46. The number of pyridine rings is 1. The summed E-state index contributed by atoms with van der Waals surface area (Å²) in [5.41, 5.74) is 1.18. The molecule has 21 heavy (non-hydrogen) atoms. The number of carbonyl (C=O) groups is 1. The number of ether oxygens (including phenoxy) is 1. The van der Waals surface area contributed by atoms with Crippen LogP contribution in [0.2, 0.25) is 0 Å². The van der Waals surface area contributed by atoms with Crippen LogP contribution < -0.4 is 0 Å². The topological polar surface area (TPSA) is 62.7 Å². The highest BCUT2D eigenvalue weighted by Gasteiger charge is 2.21. The molecule has 116 valence electrons. The lowest BCUT2D eigenvalue weighted by Gasteiger charge is -2.33. The molecule has 0 radical (unpaired) electrons. The van der Waals surface area contributed by atoms with Crippen LogP contribution in [0.3, 0.4) is 0 Å². The molecule has 0 saturated heterocycles. The Kier molecular flexibility index (Phi) is 6.14. The number of nitrogens with zero attached hydrogens (tertiary/aromatic N) is 2. The summed E-state index contributed by atoms with van der Waals surface area (Å²) < 4.78 is 4.71. The van der Waals surface area contributed by atoms with E-state index in [2.05, 4.69) is 9.88 Å². The molecule has 0 atom stereocenters. The quantitative estimate of drug-likeness (QED) is 0.813. The lowest BCUT2D eigenvalue weighted by atomic mass is 9.94. The van der Waals surface area contributed by atoms with E-state index in [0.29, 0.717) is 24.8 Å². The fourth-order valence-corrected chi connectivity index (χ4v) is 2.96. The molecule has 1 aliphatic carbocycles. The monoisotopic (exact) mass is 292 g/mol. The largest absolute Gasteiger partial charge is 0.464 e. The van der Waals surface area contributed by atoms with Gasteiger partial charge in [-0.2, -0.15) is 0 Å². The summed E-state index contributed by atoms with van der Waals surface area (Å²) >= 11 is 0. The second kappa shape index (κ2) is 8.10. The molecule has 0 bridgehead atoms. The summed E-state index contributed by atoms with van der Waals surface area (Å²) in [7, 11) is 1.36. The van der Waals surface area contributed by atoms with Gasteiger partial charge in [-0.1, -0.05) is 25.3 Å². The van der Waals surface area contributed by atoms with Gasteiger partial charge >= 0.3 is 5.97 Å². The fourth-order valence-electron chi connectivity index (χ4n) is 2.96. The van der Waals surface area contributed by atoms with E-state index in [4.69, 9.17) is 4.74 Å². The maximum Gasteiger partial charge on any atom is 0.356 e. The second-order valence-electron chi connectivity index (χ2n) is 5.49. The Morgan fingerprint density at radius 2 is 2.14 bits per heavy atom. The van der Waals surface area contributed by atoms with Gasteiger partial charge < -0.3 is 9.84 Å². The fraction of sp³-hybridized carbons (Fsp3) is 0.625. The van der Waals surface area contributed by atoms with E-state index in [1.807, 2.05) is 12.1 Å². The molecule has 1 heterocycles. The Morgan fingerprint density at radius 3 is 2.81 bits per heavy atom. The van der Waals surface area contributed by atoms with Crippen molar-refractivity contribution in [2.45, 2.75) is 44.7 Å². The zero-order chi connectivity index (χ0) is 15.1. The van der Waals surface area contributed by atoms with Crippen LogP contribution in [0.4, 0.5) is 0 Å². The summed E-state index contributed by atoms with van der Waals surface area (Å²) in [4.78, 5) is 18.2. The van der Waals surface area contributed by atoms with Crippen molar-refractivity contribution in [2.24, 2.45) is 0 Å². The van der Waals surface area contributed by atoms with Gasteiger partial charge in [-0.05, 0) is 25.0 Å². The van der Waals surface area contributed by atoms with Gasteiger partial charge in [-0.15, -0.1) is 0 Å². The van der Waals surface area contributed by atoms with Gasteiger partial charge in [0, 0.05) is 19.1 Å². The van der Waals surface area contributed by atoms with Crippen molar-refractivity contribution < 1.29 is 14.6 Å². The average molecular weight is 292 g/mol. The molecule has 0 aliphatic heterocycles. The Balaban J connectivity index is 2.07. The number of carbonyl (C=O) groups excluding carboxylic acids is 1. The Labute approximate surface area is 125 Å². The van der Waals surface area contributed by atoms with Crippen molar-refractivity contribution >= 4 is 5.97 Å². The van der Waals surface area contributed by atoms with E-state index in [1.54, 1.807) is 6.07 Å². The molecule has 1 aromatic rings. The minimum Gasteiger partial charge on any atom is -0.464 e. The molecule has 1 N–H and O–H groups in total. The van der Waals surface area contributed by atoms with Crippen molar-refractivity contribution in [3.05, 3.63) is 29.6 Å². The molecule has 1 fully saturated rings. The smallest absolute Gasteiger partial charge is 0.356 e. The van der Waals surface area contributed by atoms with E-state index in [1.165, 1.54) is 39.2 Å². The number of hydrogen-bond acceptors (Lipinski definition) is 5. The summed E-state index contributed by atoms with van der Waals surface area (Å²) in [6, 6.07) is 5.91. The zero-order valence-corrected chi connectivity index (χ0v) is 12.6. The molecular formula is C16H24N2O3. The molecule has 0 spiro atoms. The molecule has 0 aromatic carbocycles. The lowest BCUT2D eigenvalue weighted by molar-refractivity contribution is 0.0593. The maximum absolute atomic E-state index is 11.5. The highest BCUT2D eigenvalue weighted by Crippen LogP contribution is 2.23. The molecule has 5 nitrogen and oxygen atoms in total. The summed E-state index contributed by atoms with van der Waals surface area (Å²) in [5.74, 6) is -0.414. The van der Waals surface area contributed by atoms with E-state index in [9.17, 15) is 9.90 Å². The van der Waals surface area contributed by atoms with Crippen molar-refractivity contribution in [1.82, 2.24) is 9.88 Å². The third-order valence-corrected chi connectivity index (χ3v) is 4.04. The van der Waals surface area contributed by atoms with E-state index in [-0.39, 0.29) is 6.61 Å². The molecule has 1 aliphatic rings. The first-order chi connectivity index (χ1) is 10.2. The zero-order valence-electron chi connectivity index (χ0n) is 12.6. The first-order valence-electron chi connectivity index (χ1n) is 7.63. The number of esters is 1. The minimum atomic E-state index is -0.414. The summed E-state index contributed by atoms with van der Waals surface area (Å²) in [6.07, 6.45) is 6.16. The van der Waals surface area contributed by atoms with Crippen LogP contribution in [-0.4, -0.2) is 47.3 Å². The number of methoxy groups -OCH3 is 1. The second-order valence-corrected chi connectivity index (χ2v) is 5.49. The van der Waals surface area contributed by atoms with E-state index in [0.717, 1.165) is 5.69 Å². The predicted octanol–water partition coefficient (Wildman–Crippen LogP) is 2.00. The van der Waals surface area contributed by atoms with Crippen LogP contribution in [0.15, 0.2) is 18.2 Å². The van der Waals surface area contributed by atoms with Gasteiger partial charge in [-0.25, -0.2) is 9.78 Å². The van der Waals surface area contributed by atoms with Crippen LogP contribution in [0, 0.1) is 0 Å². The van der Waals surface area contributed by atoms with Crippen LogP contribution in [0.1, 0.15) is 48.3 Å². The minimum absolute atomic E-state index is 0.146. The van der Waals surface area contributed by atoms with Crippen LogP contribution in [-0.2, 0) is 11.3 Å². The van der Waals surface area contributed by atoms with E-state index < -0.39 is 5.97 Å². The normalized spacial score (nSPS) is 16.1. The van der Waals surface area contributed by atoms with Gasteiger partial charge in [0.2, 0.25) is 0 Å². The Morgan fingerprint density at radius 1 is 1.38 bits per heavy atom. The molecule has 5 heteroatoms. The van der Waals surface area contributed by atoms with Crippen molar-refractivity contribution in [3.63, 3.8) is 0 Å². The third kappa shape index (κ3) is 4.51. The van der Waals surface area contributed by atoms with Crippen LogP contribution in [0.25, 0.3) is 0 Å². The van der Waals surface area contributed by atoms with Gasteiger partial charge in [-0.3, -0.25) is 4.90 Å². The molecular weight excluding hydrogens is 268 g/mol. The SMILES string of the molecule is COC(=O)c1cccc(CN(CCO)C2CCCCC2)n1. The highest BCUT2D eigenvalue weighted by atomic mass is 16.5. The average Bonchev–Trinajstić information content (AvgIpc) is 2.55. The number of aromatic nitrogens is 1. The molecule has 1 aromatic heterocycles. The maximum atomic E-state index is 11.5. The van der Waals surface area contributed by atoms with Crippen LogP contribution in [0.5, 0.6) is 0 Å². The summed E-state index contributed by atoms with van der Waals surface area (Å²) in [5, 5.41) is 9.29. The number of rotatable bonds is 6. The van der Waals surface area contributed by atoms with Gasteiger partial charge in [0.1, 0.15) is 5.69 Å². The predicted molar refractivity (Wildman–Crippen MR) is 79.9 cm³/mol. The van der Waals surface area contributed by atoms with Gasteiger partial charge in [0.05, 0.1) is 19.4 Å². The standard InChI is InChI=1S/C16H24N2O3/c1-21-16(20)15-9-5-6-13(17-15)12-18(10-11-19)14-7-3-2-4-8-14/h5-6,9,14,19H,2-4,7-8,10-12H2,1H3. The first kappa shape index (κ1) is 15.9. The van der Waals surface area contributed by atoms with E-state index >= 15 is 0 Å². The number of hydrogen-bond donors (Lipinski definition) is 1. The molecule has 2 rings (SSSR count). The van der Waals surface area contributed by atoms with Gasteiger partial charge in [0.15, 0.2) is 0 Å².